The van der Waals surface area contributed by atoms with Crippen molar-refractivity contribution in [2.75, 3.05) is 13.7 Å². The van der Waals surface area contributed by atoms with Gasteiger partial charge in [0.25, 0.3) is 0 Å². The van der Waals surface area contributed by atoms with E-state index in [1.807, 2.05) is 31.2 Å². The van der Waals surface area contributed by atoms with Gasteiger partial charge in [0, 0.05) is 18.5 Å². The maximum atomic E-state index is 5.56. The van der Waals surface area contributed by atoms with Crippen LogP contribution in [0.4, 0.5) is 0 Å². The Hall–Kier alpha value is -1.81. The standard InChI is InChI=1S/C13H16N2O2/c1-9-13(15-12(17-9)7-8-14)10-5-3-4-6-11(10)16-2/h3-6H,7-8,14H2,1-2H3. The summed E-state index contributed by atoms with van der Waals surface area (Å²) in [6, 6.07) is 7.76. The van der Waals surface area contributed by atoms with Gasteiger partial charge in [-0.05, 0) is 19.1 Å². The van der Waals surface area contributed by atoms with Crippen molar-refractivity contribution in [1.29, 1.82) is 0 Å². The molecule has 0 unspecified atom stereocenters. The molecule has 0 aliphatic rings. The average Bonchev–Trinajstić information content (AvgIpc) is 2.70. The molecule has 0 spiro atoms. The topological polar surface area (TPSA) is 61.3 Å². The number of methoxy groups -OCH3 is 1. The summed E-state index contributed by atoms with van der Waals surface area (Å²) in [5.74, 6) is 2.26. The number of benzene rings is 1. The van der Waals surface area contributed by atoms with Gasteiger partial charge < -0.3 is 14.9 Å². The first-order valence-corrected chi connectivity index (χ1v) is 5.56. The molecule has 1 aromatic heterocycles. The van der Waals surface area contributed by atoms with E-state index in [-0.39, 0.29) is 0 Å². The van der Waals surface area contributed by atoms with E-state index in [4.69, 9.17) is 14.9 Å². The fraction of sp³-hybridized carbons (Fsp3) is 0.308. The quantitative estimate of drug-likeness (QED) is 0.877. The number of rotatable bonds is 4. The minimum atomic E-state index is 0.533. The molecular formula is C13H16N2O2. The Kier molecular flexibility index (Phi) is 3.44. The fourth-order valence-corrected chi connectivity index (χ4v) is 1.77. The number of para-hydroxylation sites is 1. The van der Waals surface area contributed by atoms with E-state index in [2.05, 4.69) is 4.98 Å². The SMILES string of the molecule is COc1ccccc1-c1nc(CCN)oc1C. The second-order valence-electron chi connectivity index (χ2n) is 3.75. The third-order valence-electron chi connectivity index (χ3n) is 2.56. The molecule has 2 aromatic rings. The first-order chi connectivity index (χ1) is 8.26. The normalized spacial score (nSPS) is 10.5. The summed E-state index contributed by atoms with van der Waals surface area (Å²) in [5, 5.41) is 0. The predicted octanol–water partition coefficient (Wildman–Crippen LogP) is 2.16. The monoisotopic (exact) mass is 232 g/mol. The van der Waals surface area contributed by atoms with Crippen molar-refractivity contribution in [3.05, 3.63) is 35.9 Å². The van der Waals surface area contributed by atoms with Gasteiger partial charge in [0.2, 0.25) is 0 Å². The van der Waals surface area contributed by atoms with Gasteiger partial charge in [-0.1, -0.05) is 12.1 Å². The number of nitrogens with zero attached hydrogens (tertiary/aromatic N) is 1. The molecule has 0 bridgehead atoms. The van der Waals surface area contributed by atoms with Crippen LogP contribution in [0.3, 0.4) is 0 Å². The van der Waals surface area contributed by atoms with Gasteiger partial charge in [-0.2, -0.15) is 0 Å². The molecule has 90 valence electrons. The molecule has 2 rings (SSSR count). The third kappa shape index (κ3) is 2.31. The molecule has 4 heteroatoms. The molecule has 0 radical (unpaired) electrons. The number of aryl methyl sites for hydroxylation is 1. The summed E-state index contributed by atoms with van der Waals surface area (Å²) in [5.41, 5.74) is 7.26. The summed E-state index contributed by atoms with van der Waals surface area (Å²) < 4.78 is 10.9. The van der Waals surface area contributed by atoms with Crippen LogP contribution in [0.15, 0.2) is 28.7 Å². The molecule has 2 N–H and O–H groups in total. The summed E-state index contributed by atoms with van der Waals surface area (Å²) in [7, 11) is 1.65. The maximum Gasteiger partial charge on any atom is 0.196 e. The van der Waals surface area contributed by atoms with Crippen LogP contribution in [0, 0.1) is 6.92 Å². The lowest BCUT2D eigenvalue weighted by Crippen LogP contribution is -2.02. The Bertz CT molecular complexity index is 506. The molecule has 1 heterocycles. The van der Waals surface area contributed by atoms with Crippen LogP contribution >= 0.6 is 0 Å². The highest BCUT2D eigenvalue weighted by atomic mass is 16.5. The van der Waals surface area contributed by atoms with Crippen LogP contribution in [0.1, 0.15) is 11.7 Å². The van der Waals surface area contributed by atoms with E-state index in [1.54, 1.807) is 7.11 Å². The van der Waals surface area contributed by atoms with Crippen molar-refractivity contribution >= 4 is 0 Å². The highest BCUT2D eigenvalue weighted by Crippen LogP contribution is 2.31. The van der Waals surface area contributed by atoms with Crippen molar-refractivity contribution in [1.82, 2.24) is 4.98 Å². The zero-order valence-electron chi connectivity index (χ0n) is 10.1. The largest absolute Gasteiger partial charge is 0.496 e. The van der Waals surface area contributed by atoms with E-state index >= 15 is 0 Å². The summed E-state index contributed by atoms with van der Waals surface area (Å²) in [6.07, 6.45) is 0.649. The Morgan fingerprint density at radius 2 is 2.12 bits per heavy atom. The van der Waals surface area contributed by atoms with Gasteiger partial charge in [-0.25, -0.2) is 4.98 Å². The molecule has 1 aromatic carbocycles. The molecule has 0 saturated carbocycles. The lowest BCUT2D eigenvalue weighted by atomic mass is 10.1. The van der Waals surface area contributed by atoms with E-state index < -0.39 is 0 Å². The summed E-state index contributed by atoms with van der Waals surface area (Å²) in [6.45, 7) is 2.43. The Labute approximate surface area is 100 Å². The zero-order chi connectivity index (χ0) is 12.3. The molecule has 0 saturated heterocycles. The molecule has 4 nitrogen and oxygen atoms in total. The maximum absolute atomic E-state index is 5.56. The van der Waals surface area contributed by atoms with Crippen molar-refractivity contribution in [3.8, 4) is 17.0 Å². The van der Waals surface area contributed by atoms with E-state index in [0.717, 1.165) is 22.8 Å². The third-order valence-corrected chi connectivity index (χ3v) is 2.56. The number of aromatic nitrogens is 1. The van der Waals surface area contributed by atoms with Gasteiger partial charge in [0.15, 0.2) is 5.89 Å². The molecular weight excluding hydrogens is 216 g/mol. The van der Waals surface area contributed by atoms with E-state index in [0.29, 0.717) is 18.9 Å². The number of hydrogen-bond acceptors (Lipinski definition) is 4. The molecule has 0 aliphatic heterocycles. The minimum Gasteiger partial charge on any atom is -0.496 e. The zero-order valence-corrected chi connectivity index (χ0v) is 10.1. The van der Waals surface area contributed by atoms with Crippen LogP contribution in [-0.4, -0.2) is 18.6 Å². The van der Waals surface area contributed by atoms with Gasteiger partial charge in [0.1, 0.15) is 17.2 Å². The van der Waals surface area contributed by atoms with Gasteiger partial charge in [-0.3, -0.25) is 0 Å². The fourth-order valence-electron chi connectivity index (χ4n) is 1.77. The van der Waals surface area contributed by atoms with E-state index in [1.165, 1.54) is 0 Å². The Morgan fingerprint density at radius 3 is 2.82 bits per heavy atom. The van der Waals surface area contributed by atoms with Crippen LogP contribution in [0.5, 0.6) is 5.75 Å². The summed E-state index contributed by atoms with van der Waals surface area (Å²) in [4.78, 5) is 4.45. The van der Waals surface area contributed by atoms with Crippen molar-refractivity contribution in [2.24, 2.45) is 5.73 Å². The predicted molar refractivity (Wildman–Crippen MR) is 66.0 cm³/mol. The van der Waals surface area contributed by atoms with Crippen molar-refractivity contribution in [2.45, 2.75) is 13.3 Å². The first-order valence-electron chi connectivity index (χ1n) is 5.56. The van der Waals surface area contributed by atoms with Crippen LogP contribution in [0.25, 0.3) is 11.3 Å². The number of ether oxygens (including phenoxy) is 1. The van der Waals surface area contributed by atoms with Crippen molar-refractivity contribution in [3.63, 3.8) is 0 Å². The van der Waals surface area contributed by atoms with E-state index in [9.17, 15) is 0 Å². The van der Waals surface area contributed by atoms with Crippen LogP contribution < -0.4 is 10.5 Å². The van der Waals surface area contributed by atoms with Crippen LogP contribution in [0.2, 0.25) is 0 Å². The first kappa shape index (κ1) is 11.7. The van der Waals surface area contributed by atoms with Gasteiger partial charge in [0.05, 0.1) is 7.11 Å². The highest BCUT2D eigenvalue weighted by Gasteiger charge is 2.14. The molecule has 0 amide bonds. The lowest BCUT2D eigenvalue weighted by molar-refractivity contribution is 0.416. The molecule has 0 aliphatic carbocycles. The number of hydrogen-bond donors (Lipinski definition) is 1. The van der Waals surface area contributed by atoms with Gasteiger partial charge in [-0.15, -0.1) is 0 Å². The number of oxazole rings is 1. The van der Waals surface area contributed by atoms with Crippen LogP contribution in [-0.2, 0) is 6.42 Å². The lowest BCUT2D eigenvalue weighted by Gasteiger charge is -2.05. The molecule has 0 fully saturated rings. The average molecular weight is 232 g/mol. The highest BCUT2D eigenvalue weighted by molar-refractivity contribution is 5.68. The number of nitrogens with two attached hydrogens (primary N) is 1. The van der Waals surface area contributed by atoms with Crippen molar-refractivity contribution < 1.29 is 9.15 Å². The molecule has 17 heavy (non-hydrogen) atoms. The second-order valence-corrected chi connectivity index (χ2v) is 3.75. The van der Waals surface area contributed by atoms with Gasteiger partial charge >= 0.3 is 0 Å². The Balaban J connectivity index is 2.45. The minimum absolute atomic E-state index is 0.533. The smallest absolute Gasteiger partial charge is 0.196 e. The summed E-state index contributed by atoms with van der Waals surface area (Å²) >= 11 is 0. The molecule has 0 atom stereocenters. The Morgan fingerprint density at radius 1 is 1.35 bits per heavy atom. The second kappa shape index (κ2) is 5.01.